The van der Waals surface area contributed by atoms with Crippen LogP contribution in [0.5, 0.6) is 0 Å². The predicted molar refractivity (Wildman–Crippen MR) is 78.1 cm³/mol. The zero-order valence-electron chi connectivity index (χ0n) is 12.4. The van der Waals surface area contributed by atoms with E-state index in [0.29, 0.717) is 18.0 Å². The number of hydrogen-bond donors (Lipinski definition) is 3. The molecule has 1 aliphatic heterocycles. The van der Waals surface area contributed by atoms with Crippen LogP contribution < -0.4 is 16.0 Å². The number of nitrogens with one attached hydrogen (secondary N) is 3. The number of rotatable bonds is 4. The lowest BCUT2D eigenvalue weighted by Crippen LogP contribution is -2.60. The van der Waals surface area contributed by atoms with E-state index in [2.05, 4.69) is 29.8 Å². The van der Waals surface area contributed by atoms with Crippen LogP contribution in [0, 0.1) is 5.92 Å². The highest BCUT2D eigenvalue weighted by Gasteiger charge is 2.28. The van der Waals surface area contributed by atoms with E-state index in [-0.39, 0.29) is 11.9 Å². The molecule has 0 radical (unpaired) electrons. The Bertz CT molecular complexity index is 281. The summed E-state index contributed by atoms with van der Waals surface area (Å²) in [5, 5.41) is 9.97. The van der Waals surface area contributed by atoms with E-state index in [1.807, 2.05) is 0 Å². The van der Waals surface area contributed by atoms with Crippen LogP contribution in [0.4, 0.5) is 0 Å². The van der Waals surface area contributed by atoms with Crippen molar-refractivity contribution in [2.24, 2.45) is 5.92 Å². The summed E-state index contributed by atoms with van der Waals surface area (Å²) in [5.74, 6) is 0.870. The second kappa shape index (κ2) is 7.25. The number of carbonyl (C=O) groups excluding carboxylic acids is 1. The summed E-state index contributed by atoms with van der Waals surface area (Å²) in [5.41, 5.74) is 0. The largest absolute Gasteiger partial charge is 0.352 e. The molecule has 1 aliphatic carbocycles. The van der Waals surface area contributed by atoms with Gasteiger partial charge < -0.3 is 16.0 Å². The molecule has 2 aliphatic rings. The predicted octanol–water partition coefficient (Wildman–Crippen LogP) is 1.41. The average Bonchev–Trinajstić information content (AvgIpc) is 2.46. The lowest BCUT2D eigenvalue weighted by molar-refractivity contribution is -0.124. The van der Waals surface area contributed by atoms with Crippen LogP contribution in [0.15, 0.2) is 0 Å². The first-order valence-electron chi connectivity index (χ1n) is 7.97. The molecule has 0 aromatic heterocycles. The van der Waals surface area contributed by atoms with Gasteiger partial charge in [0.25, 0.3) is 0 Å². The Morgan fingerprint density at radius 1 is 1.21 bits per heavy atom. The fourth-order valence-electron chi connectivity index (χ4n) is 3.34. The van der Waals surface area contributed by atoms with Crippen molar-refractivity contribution in [3.05, 3.63) is 0 Å². The van der Waals surface area contributed by atoms with Gasteiger partial charge in [-0.15, -0.1) is 0 Å². The molecule has 110 valence electrons. The monoisotopic (exact) mass is 267 g/mol. The fraction of sp³-hybridized carbons (Fsp3) is 0.933. The highest BCUT2D eigenvalue weighted by Crippen LogP contribution is 2.27. The molecule has 1 saturated heterocycles. The van der Waals surface area contributed by atoms with Crippen molar-refractivity contribution in [3.8, 4) is 0 Å². The van der Waals surface area contributed by atoms with E-state index in [1.54, 1.807) is 0 Å². The Labute approximate surface area is 117 Å². The lowest BCUT2D eigenvalue weighted by Gasteiger charge is -2.33. The molecule has 2 rings (SSSR count). The number of carbonyl (C=O) groups is 1. The van der Waals surface area contributed by atoms with Crippen LogP contribution in [0.3, 0.4) is 0 Å². The molecule has 3 unspecified atom stereocenters. The van der Waals surface area contributed by atoms with Gasteiger partial charge in [0.1, 0.15) is 0 Å². The zero-order valence-corrected chi connectivity index (χ0v) is 12.4. The quantitative estimate of drug-likeness (QED) is 0.722. The standard InChI is InChI=1S/C15H29N3O/c1-3-13(12-7-5-4-6-8-12)18-15(19)14-10-16-11(2)9-17-14/h11-14,16-17H,3-10H2,1-2H3,(H,18,19). The van der Waals surface area contributed by atoms with Gasteiger partial charge in [0.05, 0.1) is 6.04 Å². The molecule has 1 amide bonds. The third-order valence-electron chi connectivity index (χ3n) is 4.64. The van der Waals surface area contributed by atoms with Crippen molar-refractivity contribution in [1.29, 1.82) is 0 Å². The van der Waals surface area contributed by atoms with Gasteiger partial charge in [-0.3, -0.25) is 4.79 Å². The molecule has 4 nitrogen and oxygen atoms in total. The van der Waals surface area contributed by atoms with Gasteiger partial charge in [-0.05, 0) is 32.1 Å². The first-order chi connectivity index (χ1) is 9.20. The Hall–Kier alpha value is -0.610. The third kappa shape index (κ3) is 4.18. The maximum absolute atomic E-state index is 12.3. The van der Waals surface area contributed by atoms with E-state index in [1.165, 1.54) is 32.1 Å². The van der Waals surface area contributed by atoms with E-state index < -0.39 is 0 Å². The zero-order chi connectivity index (χ0) is 13.7. The SMILES string of the molecule is CCC(NC(=O)C1CNC(C)CN1)C1CCCCC1. The minimum absolute atomic E-state index is 0.0613. The number of amides is 1. The maximum atomic E-state index is 12.3. The molecule has 3 N–H and O–H groups in total. The summed E-state index contributed by atoms with van der Waals surface area (Å²) in [6, 6.07) is 0.771. The van der Waals surface area contributed by atoms with E-state index in [9.17, 15) is 4.79 Å². The van der Waals surface area contributed by atoms with Crippen molar-refractivity contribution in [2.45, 2.75) is 70.5 Å². The first-order valence-corrected chi connectivity index (χ1v) is 7.97. The molecule has 0 aromatic carbocycles. The Morgan fingerprint density at radius 3 is 2.53 bits per heavy atom. The van der Waals surface area contributed by atoms with Crippen LogP contribution in [0.2, 0.25) is 0 Å². The molecule has 3 atom stereocenters. The normalized spacial score (nSPS) is 30.8. The summed E-state index contributed by atoms with van der Waals surface area (Å²) in [6.07, 6.45) is 7.65. The van der Waals surface area contributed by atoms with Crippen LogP contribution in [0.25, 0.3) is 0 Å². The van der Waals surface area contributed by atoms with E-state index in [0.717, 1.165) is 19.5 Å². The molecule has 2 fully saturated rings. The van der Waals surface area contributed by atoms with Crippen molar-refractivity contribution < 1.29 is 4.79 Å². The highest BCUT2D eigenvalue weighted by molar-refractivity contribution is 5.82. The fourth-order valence-corrected chi connectivity index (χ4v) is 3.34. The van der Waals surface area contributed by atoms with Crippen molar-refractivity contribution >= 4 is 5.91 Å². The molecule has 1 saturated carbocycles. The second-order valence-electron chi connectivity index (χ2n) is 6.19. The van der Waals surface area contributed by atoms with Crippen LogP contribution >= 0.6 is 0 Å². The summed E-state index contributed by atoms with van der Waals surface area (Å²) in [7, 11) is 0. The molecular weight excluding hydrogens is 238 g/mol. The summed E-state index contributed by atoms with van der Waals surface area (Å²) >= 11 is 0. The Balaban J connectivity index is 1.81. The second-order valence-corrected chi connectivity index (χ2v) is 6.19. The minimum Gasteiger partial charge on any atom is -0.352 e. The summed E-state index contributed by atoms with van der Waals surface area (Å²) in [4.78, 5) is 12.3. The molecular formula is C15H29N3O. The van der Waals surface area contributed by atoms with Gasteiger partial charge in [0, 0.05) is 25.2 Å². The van der Waals surface area contributed by atoms with Gasteiger partial charge in [-0.2, -0.15) is 0 Å². The van der Waals surface area contributed by atoms with Gasteiger partial charge in [0.15, 0.2) is 0 Å². The molecule has 0 bridgehead atoms. The molecule has 0 spiro atoms. The van der Waals surface area contributed by atoms with Gasteiger partial charge in [-0.25, -0.2) is 0 Å². The van der Waals surface area contributed by atoms with Crippen molar-refractivity contribution in [3.63, 3.8) is 0 Å². The first kappa shape index (κ1) is 14.8. The van der Waals surface area contributed by atoms with Gasteiger partial charge in [-0.1, -0.05) is 26.2 Å². The summed E-state index contributed by atoms with van der Waals surface area (Å²) < 4.78 is 0. The molecule has 4 heteroatoms. The lowest BCUT2D eigenvalue weighted by atomic mass is 9.83. The number of hydrogen-bond acceptors (Lipinski definition) is 3. The van der Waals surface area contributed by atoms with Crippen LogP contribution in [-0.4, -0.2) is 37.1 Å². The average molecular weight is 267 g/mol. The summed E-state index contributed by atoms with van der Waals surface area (Å²) in [6.45, 7) is 5.94. The van der Waals surface area contributed by atoms with Gasteiger partial charge >= 0.3 is 0 Å². The molecule has 1 heterocycles. The van der Waals surface area contributed by atoms with E-state index >= 15 is 0 Å². The molecule has 0 aromatic rings. The Morgan fingerprint density at radius 2 is 1.95 bits per heavy atom. The van der Waals surface area contributed by atoms with E-state index in [4.69, 9.17) is 0 Å². The van der Waals surface area contributed by atoms with Crippen LogP contribution in [-0.2, 0) is 4.79 Å². The smallest absolute Gasteiger partial charge is 0.238 e. The number of piperazine rings is 1. The topological polar surface area (TPSA) is 53.2 Å². The third-order valence-corrected chi connectivity index (χ3v) is 4.64. The van der Waals surface area contributed by atoms with Crippen molar-refractivity contribution in [1.82, 2.24) is 16.0 Å². The minimum atomic E-state index is -0.0613. The Kier molecular flexibility index (Phi) is 5.64. The molecule has 19 heavy (non-hydrogen) atoms. The maximum Gasteiger partial charge on any atom is 0.238 e. The van der Waals surface area contributed by atoms with Gasteiger partial charge in [0.2, 0.25) is 5.91 Å². The van der Waals surface area contributed by atoms with Crippen LogP contribution in [0.1, 0.15) is 52.4 Å². The van der Waals surface area contributed by atoms with Crippen molar-refractivity contribution in [2.75, 3.05) is 13.1 Å². The highest BCUT2D eigenvalue weighted by atomic mass is 16.2.